The lowest BCUT2D eigenvalue weighted by molar-refractivity contribution is 0.0475. The fraction of sp³-hybridized carbons (Fsp3) is 0.256. The number of ether oxygens (including phenoxy) is 2. The number of nitrogens with zero attached hydrogens (tertiary/aromatic N) is 3. The maximum atomic E-state index is 13.9. The highest BCUT2D eigenvalue weighted by Crippen LogP contribution is 2.36. The predicted molar refractivity (Wildman–Crippen MR) is 188 cm³/mol. The summed E-state index contributed by atoms with van der Waals surface area (Å²) in [4.78, 5) is 32.7. The summed E-state index contributed by atoms with van der Waals surface area (Å²) < 4.78 is 41.1. The van der Waals surface area contributed by atoms with Gasteiger partial charge in [0.25, 0.3) is 0 Å². The third-order valence-corrected chi connectivity index (χ3v) is 11.2. The molecule has 49 heavy (non-hydrogen) atoms. The number of aromatic nitrogens is 2. The molecule has 9 nitrogen and oxygen atoms in total. The van der Waals surface area contributed by atoms with E-state index in [1.165, 1.54) is 4.31 Å². The Bertz CT molecular complexity index is 2220. The van der Waals surface area contributed by atoms with E-state index in [4.69, 9.17) is 14.5 Å². The van der Waals surface area contributed by atoms with Crippen LogP contribution in [-0.2, 0) is 25.9 Å². The van der Waals surface area contributed by atoms with E-state index in [2.05, 4.69) is 6.08 Å². The number of rotatable bonds is 8. The first-order chi connectivity index (χ1) is 23.7. The summed E-state index contributed by atoms with van der Waals surface area (Å²) in [5, 5.41) is 0.699. The van der Waals surface area contributed by atoms with Crippen LogP contribution in [0.5, 0.6) is 0 Å². The zero-order valence-electron chi connectivity index (χ0n) is 27.5. The molecule has 1 aliphatic heterocycles. The van der Waals surface area contributed by atoms with Crippen molar-refractivity contribution >= 4 is 44.3 Å². The van der Waals surface area contributed by atoms with Gasteiger partial charge in [0.2, 0.25) is 15.8 Å². The number of Topliss-reactive ketones (excluding diaryl/α,β-unsaturated/α-hetero) is 1. The van der Waals surface area contributed by atoms with Crippen LogP contribution < -0.4 is 0 Å². The molecule has 0 spiro atoms. The lowest BCUT2D eigenvalue weighted by Crippen LogP contribution is -2.40. The number of hydrogen-bond donors (Lipinski definition) is 0. The lowest BCUT2D eigenvalue weighted by atomic mass is 9.86. The summed E-state index contributed by atoms with van der Waals surface area (Å²) in [5.41, 5.74) is 7.33. The minimum Gasteiger partial charge on any atom is -0.454 e. The summed E-state index contributed by atoms with van der Waals surface area (Å²) >= 11 is 0. The molecule has 3 aromatic carbocycles. The van der Waals surface area contributed by atoms with Crippen LogP contribution >= 0.6 is 0 Å². The first-order valence-corrected chi connectivity index (χ1v) is 17.9. The predicted octanol–water partition coefficient (Wildman–Crippen LogP) is 6.58. The Kier molecular flexibility index (Phi) is 9.02. The van der Waals surface area contributed by atoms with E-state index >= 15 is 0 Å². The zero-order chi connectivity index (χ0) is 34.1. The van der Waals surface area contributed by atoms with Crippen molar-refractivity contribution < 1.29 is 27.5 Å². The second-order valence-electron chi connectivity index (χ2n) is 12.4. The van der Waals surface area contributed by atoms with Crippen molar-refractivity contribution in [2.24, 2.45) is 0 Å². The molecule has 0 saturated carbocycles. The van der Waals surface area contributed by atoms with Gasteiger partial charge in [-0.15, -0.1) is 0 Å². The Labute approximate surface area is 285 Å². The highest BCUT2D eigenvalue weighted by atomic mass is 32.2. The number of sulfonamides is 1. The van der Waals surface area contributed by atoms with Crippen LogP contribution in [0, 0.1) is 13.8 Å². The maximum absolute atomic E-state index is 13.9. The van der Waals surface area contributed by atoms with Crippen molar-refractivity contribution in [2.75, 3.05) is 32.9 Å². The third-order valence-electron chi connectivity index (χ3n) is 9.26. The monoisotopic (exact) mass is 675 g/mol. The van der Waals surface area contributed by atoms with E-state index < -0.39 is 22.6 Å². The maximum Gasteiger partial charge on any atom is 0.339 e. The van der Waals surface area contributed by atoms with Crippen molar-refractivity contribution in [1.29, 1.82) is 0 Å². The van der Waals surface area contributed by atoms with Gasteiger partial charge in [-0.05, 0) is 86.2 Å². The Balaban J connectivity index is 1.15. The molecule has 5 aromatic rings. The van der Waals surface area contributed by atoms with Gasteiger partial charge in [-0.1, -0.05) is 54.6 Å². The first-order valence-electron chi connectivity index (χ1n) is 16.5. The van der Waals surface area contributed by atoms with Gasteiger partial charge >= 0.3 is 5.97 Å². The van der Waals surface area contributed by atoms with Crippen molar-refractivity contribution in [3.63, 3.8) is 0 Å². The normalized spacial score (nSPS) is 16.1. The van der Waals surface area contributed by atoms with Gasteiger partial charge in [-0.3, -0.25) is 4.79 Å². The Morgan fingerprint density at radius 2 is 1.67 bits per heavy atom. The molecular weight excluding hydrogens is 639 g/mol. The molecule has 250 valence electrons. The standard InChI is InChI=1S/C39H37N3O6S/c1-26-22-34(27(2)42(26)30-13-9-14-31(24-30)49(45,46)41-18-20-47-21-19-41)36(43)25-48-39(44)37-32-15-6-7-17-35(32)40-38-29(12-8-16-33(37)38)23-28-10-4-3-5-11-28/h3-7,9-11,13-15,17,22-24H,8,12,16,18-21,25H2,1-2H3. The van der Waals surface area contributed by atoms with Gasteiger partial charge in [-0.2, -0.15) is 4.31 Å². The average Bonchev–Trinajstić information content (AvgIpc) is 3.43. The van der Waals surface area contributed by atoms with Crippen LogP contribution in [0.2, 0.25) is 0 Å². The number of ketones is 1. The number of pyridine rings is 1. The summed E-state index contributed by atoms with van der Waals surface area (Å²) in [5.74, 6) is -0.902. The summed E-state index contributed by atoms with van der Waals surface area (Å²) in [6, 6.07) is 26.1. The van der Waals surface area contributed by atoms with Gasteiger partial charge in [0.1, 0.15) is 0 Å². The van der Waals surface area contributed by atoms with Gasteiger partial charge in [0.05, 0.1) is 34.9 Å². The third kappa shape index (κ3) is 6.35. The fourth-order valence-corrected chi connectivity index (χ4v) is 8.35. The topological polar surface area (TPSA) is 108 Å². The molecule has 0 amide bonds. The summed E-state index contributed by atoms with van der Waals surface area (Å²) in [6.45, 7) is 4.54. The number of esters is 1. The molecule has 7 rings (SSSR count). The van der Waals surface area contributed by atoms with E-state index in [1.807, 2.05) is 72.2 Å². The number of aryl methyl sites for hydroxylation is 1. The van der Waals surface area contributed by atoms with E-state index in [-0.39, 0.29) is 10.7 Å². The second-order valence-corrected chi connectivity index (χ2v) is 14.3. The van der Waals surface area contributed by atoms with E-state index in [1.54, 1.807) is 31.2 Å². The van der Waals surface area contributed by atoms with Crippen molar-refractivity contribution in [3.8, 4) is 5.69 Å². The molecule has 0 atom stereocenters. The zero-order valence-corrected chi connectivity index (χ0v) is 28.3. The molecule has 1 aliphatic carbocycles. The number of para-hydroxylation sites is 1. The molecule has 3 heterocycles. The van der Waals surface area contributed by atoms with Gasteiger partial charge in [-0.25, -0.2) is 18.2 Å². The van der Waals surface area contributed by atoms with Gasteiger partial charge < -0.3 is 14.0 Å². The smallest absolute Gasteiger partial charge is 0.339 e. The molecule has 1 saturated heterocycles. The average molecular weight is 676 g/mol. The van der Waals surface area contributed by atoms with Crippen LogP contribution in [0.3, 0.4) is 0 Å². The minimum atomic E-state index is -3.71. The quantitative estimate of drug-likeness (QED) is 0.135. The Morgan fingerprint density at radius 1 is 0.918 bits per heavy atom. The van der Waals surface area contributed by atoms with E-state index in [0.29, 0.717) is 66.1 Å². The second kappa shape index (κ2) is 13.5. The molecular formula is C39H37N3O6S. The molecule has 0 N–H and O–H groups in total. The molecule has 2 aromatic heterocycles. The SMILES string of the molecule is Cc1cc(C(=O)COC(=O)c2c3c(nc4ccccc24)C(=Cc2ccccc2)CCC3)c(C)n1-c1cccc(S(=O)(=O)N2CCOCC2)c1. The number of hydrogen-bond acceptors (Lipinski definition) is 7. The van der Waals surface area contributed by atoms with E-state index in [9.17, 15) is 18.0 Å². The van der Waals surface area contributed by atoms with Crippen molar-refractivity contribution in [3.05, 3.63) is 124 Å². The van der Waals surface area contributed by atoms with Crippen LogP contribution in [0.25, 0.3) is 28.2 Å². The molecule has 0 bridgehead atoms. The summed E-state index contributed by atoms with van der Waals surface area (Å²) in [6.07, 6.45) is 4.52. The fourth-order valence-electron chi connectivity index (χ4n) is 6.90. The van der Waals surface area contributed by atoms with Crippen LogP contribution in [0.15, 0.2) is 89.8 Å². The van der Waals surface area contributed by atoms with Crippen molar-refractivity contribution in [1.82, 2.24) is 13.9 Å². The van der Waals surface area contributed by atoms with Crippen LogP contribution in [0.4, 0.5) is 0 Å². The largest absolute Gasteiger partial charge is 0.454 e. The minimum absolute atomic E-state index is 0.177. The molecule has 0 radical (unpaired) electrons. The van der Waals surface area contributed by atoms with E-state index in [0.717, 1.165) is 40.9 Å². The Morgan fingerprint density at radius 3 is 2.47 bits per heavy atom. The number of carbonyl (C=O) groups is 2. The number of fused-ring (bicyclic) bond motifs is 2. The number of allylic oxidation sites excluding steroid dienone is 1. The number of benzene rings is 3. The van der Waals surface area contributed by atoms with Gasteiger partial charge in [0, 0.05) is 41.1 Å². The highest BCUT2D eigenvalue weighted by Gasteiger charge is 2.29. The lowest BCUT2D eigenvalue weighted by Gasteiger charge is -2.26. The van der Waals surface area contributed by atoms with Crippen molar-refractivity contribution in [2.45, 2.75) is 38.0 Å². The first kappa shape index (κ1) is 32.6. The highest BCUT2D eigenvalue weighted by molar-refractivity contribution is 7.89. The summed E-state index contributed by atoms with van der Waals surface area (Å²) in [7, 11) is -3.71. The Hall–Kier alpha value is -4.90. The molecule has 1 fully saturated rings. The number of morpholine rings is 1. The number of carbonyl (C=O) groups excluding carboxylic acids is 2. The van der Waals surface area contributed by atoms with Crippen LogP contribution in [-0.4, -0.2) is 66.9 Å². The molecule has 0 unspecified atom stereocenters. The van der Waals surface area contributed by atoms with Crippen LogP contribution in [0.1, 0.15) is 61.8 Å². The molecule has 10 heteroatoms. The molecule has 2 aliphatic rings. The van der Waals surface area contributed by atoms with Gasteiger partial charge in [0.15, 0.2) is 6.61 Å².